The largest absolute Gasteiger partial charge is 0.508 e. The van der Waals surface area contributed by atoms with Gasteiger partial charge in [0.05, 0.1) is 5.56 Å². The van der Waals surface area contributed by atoms with Gasteiger partial charge >= 0.3 is 0 Å². The van der Waals surface area contributed by atoms with Crippen molar-refractivity contribution in [2.45, 2.75) is 0 Å². The molecule has 3 aromatic rings. The van der Waals surface area contributed by atoms with Crippen LogP contribution in [0.5, 0.6) is 17.2 Å². The summed E-state index contributed by atoms with van der Waals surface area (Å²) in [5, 5.41) is 22.4. The lowest BCUT2D eigenvalue weighted by atomic mass is 10.0. The van der Waals surface area contributed by atoms with Gasteiger partial charge in [-0.2, -0.15) is 0 Å². The summed E-state index contributed by atoms with van der Waals surface area (Å²) in [6.45, 7) is 3.20. The highest BCUT2D eigenvalue weighted by Crippen LogP contribution is 2.31. The van der Waals surface area contributed by atoms with E-state index in [1.807, 2.05) is 0 Å². The van der Waals surface area contributed by atoms with Crippen LogP contribution in [0.3, 0.4) is 0 Å². The average molecular weight is 297 g/mol. The van der Waals surface area contributed by atoms with Crippen LogP contribution >= 0.6 is 0 Å². The molecule has 0 aliphatic carbocycles. The van der Waals surface area contributed by atoms with Crippen molar-refractivity contribution in [3.8, 4) is 28.4 Å². The van der Waals surface area contributed by atoms with Gasteiger partial charge in [0.1, 0.15) is 28.7 Å². The molecule has 0 atom stereocenters. The Balaban J connectivity index is 2.31. The van der Waals surface area contributed by atoms with E-state index in [1.54, 1.807) is 12.1 Å². The molecule has 0 spiro atoms. The minimum absolute atomic E-state index is 0.0550. The first-order valence-corrected chi connectivity index (χ1v) is 6.31. The van der Waals surface area contributed by atoms with Gasteiger partial charge in [-0.25, -0.2) is 0 Å². The maximum Gasteiger partial charge on any atom is 0.204 e. The number of fused-ring (bicyclic) bond motifs is 1. The molecule has 0 unspecified atom stereocenters. The molecule has 2 aromatic carbocycles. The van der Waals surface area contributed by atoms with Crippen molar-refractivity contribution in [3.63, 3.8) is 0 Å². The van der Waals surface area contributed by atoms with E-state index in [-0.39, 0.29) is 33.6 Å². The molecular formula is C16H11NO5. The highest BCUT2D eigenvalue weighted by atomic mass is 16.6. The van der Waals surface area contributed by atoms with Crippen LogP contribution in [0.25, 0.3) is 22.1 Å². The van der Waals surface area contributed by atoms with E-state index in [0.29, 0.717) is 11.1 Å². The van der Waals surface area contributed by atoms with Gasteiger partial charge in [0.2, 0.25) is 5.43 Å². The Bertz CT molecular complexity index is 912. The zero-order valence-electron chi connectivity index (χ0n) is 11.3. The Morgan fingerprint density at radius 1 is 1.09 bits per heavy atom. The minimum Gasteiger partial charge on any atom is -0.508 e. The molecule has 0 saturated carbocycles. The molecule has 1 aromatic heterocycles. The summed E-state index contributed by atoms with van der Waals surface area (Å²) >= 11 is 0. The van der Waals surface area contributed by atoms with E-state index in [2.05, 4.69) is 11.9 Å². The molecule has 1 heterocycles. The molecule has 0 aliphatic heterocycles. The lowest BCUT2D eigenvalue weighted by Crippen LogP contribution is -2.06. The number of aromatic hydroxyl groups is 2. The minimum atomic E-state index is -0.342. The van der Waals surface area contributed by atoms with Crippen LogP contribution in [-0.2, 0) is 0 Å². The van der Waals surface area contributed by atoms with Crippen LogP contribution in [0, 0.1) is 0 Å². The summed E-state index contributed by atoms with van der Waals surface area (Å²) in [5.74, 6) is 0.0322. The van der Waals surface area contributed by atoms with Crippen LogP contribution in [0.2, 0.25) is 0 Å². The summed E-state index contributed by atoms with van der Waals surface area (Å²) in [4.78, 5) is 17.6. The van der Waals surface area contributed by atoms with Crippen molar-refractivity contribution in [2.75, 3.05) is 0 Å². The Kier molecular flexibility index (Phi) is 3.27. The molecule has 0 fully saturated rings. The standard InChI is InChI=1S/C16H11NO5/c1-17-22-14-7-11(19)6-13-15(14)16(20)12(8-21-13)9-2-4-10(18)5-3-9/h2-8,18-19H,1H2. The Morgan fingerprint density at radius 2 is 1.82 bits per heavy atom. The molecular weight excluding hydrogens is 286 g/mol. The van der Waals surface area contributed by atoms with Gasteiger partial charge in [-0.15, -0.1) is 0 Å². The van der Waals surface area contributed by atoms with E-state index in [1.165, 1.54) is 30.5 Å². The number of rotatable bonds is 3. The van der Waals surface area contributed by atoms with E-state index >= 15 is 0 Å². The SMILES string of the molecule is C=NOc1cc(O)cc2occ(-c3ccc(O)cc3)c(=O)c12. The first kappa shape index (κ1) is 13.7. The summed E-state index contributed by atoms with van der Waals surface area (Å²) in [6, 6.07) is 8.71. The molecule has 0 aliphatic rings. The van der Waals surface area contributed by atoms with Gasteiger partial charge in [-0.05, 0) is 17.7 Å². The fourth-order valence-electron chi connectivity index (χ4n) is 2.19. The van der Waals surface area contributed by atoms with Crippen molar-refractivity contribution >= 4 is 17.7 Å². The number of phenols is 2. The topological polar surface area (TPSA) is 92.3 Å². The van der Waals surface area contributed by atoms with Gasteiger partial charge in [0.15, 0.2) is 5.75 Å². The number of oxime groups is 1. The van der Waals surface area contributed by atoms with Gasteiger partial charge < -0.3 is 19.5 Å². The predicted molar refractivity (Wildman–Crippen MR) is 81.4 cm³/mol. The number of phenolic OH excluding ortho intramolecular Hbond substituents is 2. The van der Waals surface area contributed by atoms with Crippen LogP contribution in [0.15, 0.2) is 57.0 Å². The second-order valence-electron chi connectivity index (χ2n) is 4.56. The number of hydrogen-bond acceptors (Lipinski definition) is 6. The second kappa shape index (κ2) is 5.25. The van der Waals surface area contributed by atoms with Gasteiger partial charge in [-0.1, -0.05) is 17.3 Å². The highest BCUT2D eigenvalue weighted by Gasteiger charge is 2.15. The maximum absolute atomic E-state index is 12.7. The fourth-order valence-corrected chi connectivity index (χ4v) is 2.19. The molecule has 3 rings (SSSR count). The van der Waals surface area contributed by atoms with E-state index < -0.39 is 0 Å². The summed E-state index contributed by atoms with van der Waals surface area (Å²) in [7, 11) is 0. The molecule has 6 nitrogen and oxygen atoms in total. The third kappa shape index (κ3) is 2.26. The smallest absolute Gasteiger partial charge is 0.204 e. The number of nitrogens with zero attached hydrogens (tertiary/aromatic N) is 1. The van der Waals surface area contributed by atoms with Gasteiger partial charge in [0.25, 0.3) is 0 Å². The predicted octanol–water partition coefficient (Wildman–Crippen LogP) is 2.87. The third-order valence-electron chi connectivity index (χ3n) is 3.17. The van der Waals surface area contributed by atoms with E-state index in [0.717, 1.165) is 0 Å². The molecule has 22 heavy (non-hydrogen) atoms. The first-order chi connectivity index (χ1) is 10.6. The van der Waals surface area contributed by atoms with Gasteiger partial charge in [-0.3, -0.25) is 4.79 Å². The van der Waals surface area contributed by atoms with Crippen molar-refractivity contribution in [2.24, 2.45) is 5.16 Å². The first-order valence-electron chi connectivity index (χ1n) is 6.31. The normalized spacial score (nSPS) is 10.5. The molecule has 0 bridgehead atoms. The highest BCUT2D eigenvalue weighted by molar-refractivity contribution is 5.88. The average Bonchev–Trinajstić information content (AvgIpc) is 2.48. The molecule has 110 valence electrons. The number of hydrogen-bond donors (Lipinski definition) is 2. The van der Waals surface area contributed by atoms with Crippen LogP contribution in [0.1, 0.15) is 0 Å². The lowest BCUT2D eigenvalue weighted by Gasteiger charge is -2.06. The third-order valence-corrected chi connectivity index (χ3v) is 3.17. The van der Waals surface area contributed by atoms with Crippen LogP contribution in [0.4, 0.5) is 0 Å². The zero-order valence-corrected chi connectivity index (χ0v) is 11.3. The van der Waals surface area contributed by atoms with E-state index in [9.17, 15) is 15.0 Å². The molecule has 0 saturated heterocycles. The van der Waals surface area contributed by atoms with Crippen LogP contribution < -0.4 is 10.3 Å². The van der Waals surface area contributed by atoms with Gasteiger partial charge in [0, 0.05) is 18.9 Å². The van der Waals surface area contributed by atoms with Crippen molar-refractivity contribution in [3.05, 3.63) is 52.9 Å². The Morgan fingerprint density at radius 3 is 2.50 bits per heavy atom. The molecule has 0 radical (unpaired) electrons. The maximum atomic E-state index is 12.7. The fraction of sp³-hybridized carbons (Fsp3) is 0. The number of benzene rings is 2. The molecule has 2 N–H and O–H groups in total. The summed E-state index contributed by atoms with van der Waals surface area (Å²) in [6.07, 6.45) is 1.29. The Labute approximate surface area is 124 Å². The monoisotopic (exact) mass is 297 g/mol. The molecule has 6 heteroatoms. The van der Waals surface area contributed by atoms with Crippen molar-refractivity contribution in [1.29, 1.82) is 0 Å². The van der Waals surface area contributed by atoms with E-state index in [4.69, 9.17) is 9.25 Å². The Hall–Kier alpha value is -3.28. The summed E-state index contributed by atoms with van der Waals surface area (Å²) < 4.78 is 5.41. The van der Waals surface area contributed by atoms with Crippen LogP contribution in [-0.4, -0.2) is 16.9 Å². The zero-order chi connectivity index (χ0) is 15.7. The lowest BCUT2D eigenvalue weighted by molar-refractivity contribution is 0.346. The second-order valence-corrected chi connectivity index (χ2v) is 4.56. The quantitative estimate of drug-likeness (QED) is 0.573. The van der Waals surface area contributed by atoms with Crippen molar-refractivity contribution < 1.29 is 19.5 Å². The summed E-state index contributed by atoms with van der Waals surface area (Å²) in [5.41, 5.74) is 0.711. The molecule has 0 amide bonds. The van der Waals surface area contributed by atoms with Crippen molar-refractivity contribution in [1.82, 2.24) is 0 Å².